The van der Waals surface area contributed by atoms with Gasteiger partial charge in [0, 0.05) is 12.7 Å². The lowest BCUT2D eigenvalue weighted by Gasteiger charge is -2.10. The van der Waals surface area contributed by atoms with Gasteiger partial charge in [-0.1, -0.05) is 5.16 Å². The summed E-state index contributed by atoms with van der Waals surface area (Å²) < 4.78 is 19.9. The van der Waals surface area contributed by atoms with Crippen LogP contribution >= 0.6 is 0 Å². The average molecular weight is 283 g/mol. The molecule has 0 aliphatic carbocycles. The molecule has 0 unspecified atom stereocenters. The molecule has 20 heavy (non-hydrogen) atoms. The van der Waals surface area contributed by atoms with Gasteiger partial charge in [-0.2, -0.15) is 0 Å². The summed E-state index contributed by atoms with van der Waals surface area (Å²) in [5.41, 5.74) is 0.134. The van der Waals surface area contributed by atoms with Gasteiger partial charge in [0.1, 0.15) is 6.61 Å². The van der Waals surface area contributed by atoms with Gasteiger partial charge in [0.05, 0.1) is 20.8 Å². The summed E-state index contributed by atoms with van der Waals surface area (Å²) in [6.07, 6.45) is 0. The number of esters is 1. The first kappa shape index (κ1) is 15.8. The Morgan fingerprint density at radius 3 is 2.40 bits per heavy atom. The van der Waals surface area contributed by atoms with Gasteiger partial charge in [0.25, 0.3) is 0 Å². The van der Waals surface area contributed by atoms with Crippen LogP contribution in [0.3, 0.4) is 0 Å². The second-order valence-corrected chi connectivity index (χ2v) is 3.65. The molecular formula is C13H17NO6. The quantitative estimate of drug-likeness (QED) is 0.265. The summed E-state index contributed by atoms with van der Waals surface area (Å²) in [7, 11) is 4.45. The van der Waals surface area contributed by atoms with Crippen LogP contribution < -0.4 is 9.47 Å². The van der Waals surface area contributed by atoms with Crippen LogP contribution in [0.15, 0.2) is 23.4 Å². The molecule has 0 aromatic heterocycles. The molecule has 0 heterocycles. The normalized spacial score (nSPS) is 11.1. The Morgan fingerprint density at radius 1 is 1.15 bits per heavy atom. The van der Waals surface area contributed by atoms with Crippen molar-refractivity contribution in [2.75, 3.05) is 34.5 Å². The van der Waals surface area contributed by atoms with Crippen molar-refractivity contribution in [1.82, 2.24) is 0 Å². The Bertz CT molecular complexity index is 486. The van der Waals surface area contributed by atoms with Crippen LogP contribution in [0.2, 0.25) is 0 Å². The van der Waals surface area contributed by atoms with E-state index in [2.05, 4.69) is 5.16 Å². The second kappa shape index (κ2) is 8.00. The second-order valence-electron chi connectivity index (χ2n) is 3.65. The Labute approximate surface area is 116 Å². The first-order chi connectivity index (χ1) is 9.67. The van der Waals surface area contributed by atoms with Gasteiger partial charge in [-0.25, -0.2) is 4.79 Å². The molecule has 0 saturated carbocycles. The Kier molecular flexibility index (Phi) is 6.31. The van der Waals surface area contributed by atoms with Gasteiger partial charge in [-0.15, -0.1) is 0 Å². The molecule has 0 saturated heterocycles. The van der Waals surface area contributed by atoms with Crippen molar-refractivity contribution >= 4 is 11.7 Å². The summed E-state index contributed by atoms with van der Waals surface area (Å²) in [6, 6.07) is 4.68. The van der Waals surface area contributed by atoms with Crippen molar-refractivity contribution in [1.29, 1.82) is 0 Å². The molecule has 0 aliphatic rings. The van der Waals surface area contributed by atoms with Crippen molar-refractivity contribution in [3.8, 4) is 11.5 Å². The number of rotatable bonds is 7. The molecule has 0 fully saturated rings. The number of ether oxygens (including phenoxy) is 4. The van der Waals surface area contributed by atoms with Crippen molar-refractivity contribution in [3.05, 3.63) is 23.8 Å². The van der Waals surface area contributed by atoms with Gasteiger partial charge >= 0.3 is 5.97 Å². The van der Waals surface area contributed by atoms with Crippen LogP contribution in [-0.2, 0) is 14.3 Å². The van der Waals surface area contributed by atoms with Crippen LogP contribution in [0.4, 0.5) is 0 Å². The lowest BCUT2D eigenvalue weighted by molar-refractivity contribution is -0.136. The lowest BCUT2D eigenvalue weighted by Crippen LogP contribution is -2.21. The number of benzene rings is 1. The number of carbonyl (C=O) groups excluding carboxylic acids is 1. The third kappa shape index (κ3) is 3.86. The summed E-state index contributed by atoms with van der Waals surface area (Å²) in [5, 5.41) is 12.0. The molecule has 0 amide bonds. The molecule has 7 heteroatoms. The minimum Gasteiger partial charge on any atom is -0.493 e. The zero-order valence-electron chi connectivity index (χ0n) is 11.6. The first-order valence-electron chi connectivity index (χ1n) is 5.78. The molecule has 110 valence electrons. The third-order valence-corrected chi connectivity index (χ3v) is 2.47. The number of hydrogen-bond acceptors (Lipinski definition) is 7. The van der Waals surface area contributed by atoms with Gasteiger partial charge in [-0.3, -0.25) is 0 Å². The molecule has 0 spiro atoms. The predicted molar refractivity (Wildman–Crippen MR) is 70.7 cm³/mol. The van der Waals surface area contributed by atoms with Crippen molar-refractivity contribution in [3.63, 3.8) is 0 Å². The molecule has 1 aromatic carbocycles. The Hall–Kier alpha value is -2.28. The van der Waals surface area contributed by atoms with E-state index in [1.165, 1.54) is 27.4 Å². The number of oxime groups is 1. The molecule has 0 radical (unpaired) electrons. The fourth-order valence-electron chi connectivity index (χ4n) is 1.49. The molecule has 7 nitrogen and oxygen atoms in total. The molecular weight excluding hydrogens is 266 g/mol. The van der Waals surface area contributed by atoms with Gasteiger partial charge < -0.3 is 24.2 Å². The molecule has 0 atom stereocenters. The van der Waals surface area contributed by atoms with Gasteiger partial charge in [0.15, 0.2) is 17.2 Å². The van der Waals surface area contributed by atoms with E-state index in [9.17, 15) is 4.79 Å². The smallest absolute Gasteiger partial charge is 0.361 e. The minimum atomic E-state index is -0.753. The Balaban J connectivity index is 2.93. The van der Waals surface area contributed by atoms with Crippen LogP contribution in [0.5, 0.6) is 11.5 Å². The largest absolute Gasteiger partial charge is 0.493 e. The maximum Gasteiger partial charge on any atom is 0.361 e. The fourth-order valence-corrected chi connectivity index (χ4v) is 1.49. The van der Waals surface area contributed by atoms with Crippen molar-refractivity contribution < 1.29 is 28.9 Å². The molecule has 1 rings (SSSR count). The summed E-state index contributed by atoms with van der Waals surface area (Å²) in [6.45, 7) is 0.331. The number of carbonyl (C=O) groups is 1. The van der Waals surface area contributed by atoms with Crippen molar-refractivity contribution in [2.24, 2.45) is 5.16 Å². The Morgan fingerprint density at radius 2 is 1.85 bits per heavy atom. The third-order valence-electron chi connectivity index (χ3n) is 2.47. The zero-order chi connectivity index (χ0) is 15.0. The van der Waals surface area contributed by atoms with Crippen molar-refractivity contribution in [2.45, 2.75) is 0 Å². The van der Waals surface area contributed by atoms with Crippen LogP contribution in [-0.4, -0.2) is 51.4 Å². The summed E-state index contributed by atoms with van der Waals surface area (Å²) in [4.78, 5) is 11.8. The minimum absolute atomic E-state index is 0.0711. The summed E-state index contributed by atoms with van der Waals surface area (Å²) >= 11 is 0. The maximum atomic E-state index is 11.8. The van der Waals surface area contributed by atoms with E-state index < -0.39 is 5.97 Å². The van der Waals surface area contributed by atoms with Crippen LogP contribution in [0, 0.1) is 0 Å². The highest BCUT2D eigenvalue weighted by atomic mass is 16.6. The van der Waals surface area contributed by atoms with E-state index in [-0.39, 0.29) is 18.9 Å². The number of hydrogen-bond donors (Lipinski definition) is 1. The first-order valence-corrected chi connectivity index (χ1v) is 5.78. The standard InChI is InChI=1S/C13H17NO6/c1-17-6-7-20-13(15)12(14-16)9-4-5-10(18-2)11(8-9)19-3/h4-5,8,16H,6-7H2,1-3H3/b14-12-. The highest BCUT2D eigenvalue weighted by molar-refractivity contribution is 6.43. The van der Waals surface area contributed by atoms with Crippen LogP contribution in [0.1, 0.15) is 5.56 Å². The van der Waals surface area contributed by atoms with Crippen LogP contribution in [0.25, 0.3) is 0 Å². The predicted octanol–water partition coefficient (Wildman–Crippen LogP) is 1.07. The molecule has 0 bridgehead atoms. The van der Waals surface area contributed by atoms with E-state index in [4.69, 9.17) is 24.2 Å². The van der Waals surface area contributed by atoms with E-state index in [1.807, 2.05) is 0 Å². The number of nitrogens with zero attached hydrogens (tertiary/aromatic N) is 1. The zero-order valence-corrected chi connectivity index (χ0v) is 11.6. The highest BCUT2D eigenvalue weighted by Crippen LogP contribution is 2.27. The summed E-state index contributed by atoms with van der Waals surface area (Å²) in [5.74, 6) is 0.161. The fraction of sp³-hybridized carbons (Fsp3) is 0.385. The maximum absolute atomic E-state index is 11.8. The monoisotopic (exact) mass is 283 g/mol. The van der Waals surface area contributed by atoms with Gasteiger partial charge in [0.2, 0.25) is 0 Å². The average Bonchev–Trinajstić information content (AvgIpc) is 2.48. The van der Waals surface area contributed by atoms with E-state index in [0.29, 0.717) is 17.1 Å². The molecule has 1 N–H and O–H groups in total. The molecule has 0 aliphatic heterocycles. The van der Waals surface area contributed by atoms with E-state index >= 15 is 0 Å². The molecule has 1 aromatic rings. The van der Waals surface area contributed by atoms with Gasteiger partial charge in [-0.05, 0) is 18.2 Å². The SMILES string of the molecule is COCCOC(=O)/C(=N\O)c1ccc(OC)c(OC)c1. The topological polar surface area (TPSA) is 86.6 Å². The van der Waals surface area contributed by atoms with E-state index in [0.717, 1.165) is 0 Å². The lowest BCUT2D eigenvalue weighted by atomic mass is 10.1. The number of methoxy groups -OCH3 is 3. The highest BCUT2D eigenvalue weighted by Gasteiger charge is 2.18. The van der Waals surface area contributed by atoms with E-state index in [1.54, 1.807) is 12.1 Å².